The number of carboxylic acid groups (broad SMARTS) is 1. The van der Waals surface area contributed by atoms with Crippen LogP contribution in [-0.4, -0.2) is 29.7 Å². The molecule has 0 aromatic carbocycles. The molecule has 1 fully saturated rings. The molecule has 0 aromatic heterocycles. The molecule has 1 rings (SSSR count). The molecule has 1 N–H and O–H groups in total. The number of hydrogen-bond donors (Lipinski definition) is 1. The molecule has 3 nitrogen and oxygen atoms in total. The molecule has 0 saturated heterocycles. The van der Waals surface area contributed by atoms with Crippen molar-refractivity contribution < 1.29 is 23.4 Å². The van der Waals surface area contributed by atoms with Crippen LogP contribution in [-0.2, 0) is 9.53 Å². The van der Waals surface area contributed by atoms with E-state index in [-0.39, 0.29) is 6.10 Å². The molecule has 1 aliphatic rings. The Morgan fingerprint density at radius 3 is 2.50 bits per heavy atom. The van der Waals surface area contributed by atoms with E-state index in [4.69, 9.17) is 5.11 Å². The summed E-state index contributed by atoms with van der Waals surface area (Å²) in [5.74, 6) is -5.86. The van der Waals surface area contributed by atoms with Crippen LogP contribution >= 0.6 is 0 Å². The fourth-order valence-electron chi connectivity index (χ4n) is 0.822. The van der Waals surface area contributed by atoms with Gasteiger partial charge in [-0.1, -0.05) is 0 Å². The smallest absolute Gasteiger partial charge is 0.377 e. The number of hydrogen-bond acceptors (Lipinski definition) is 2. The Kier molecular flexibility index (Phi) is 2.62. The van der Waals surface area contributed by atoms with Crippen molar-refractivity contribution in [2.45, 2.75) is 31.3 Å². The Bertz CT molecular complexity index is 177. The van der Waals surface area contributed by atoms with Gasteiger partial charge in [-0.05, 0) is 19.3 Å². The van der Waals surface area contributed by atoms with Crippen LogP contribution in [0.4, 0.5) is 8.78 Å². The van der Waals surface area contributed by atoms with Crippen LogP contribution in [0.15, 0.2) is 0 Å². The lowest BCUT2D eigenvalue weighted by Crippen LogP contribution is -2.37. The summed E-state index contributed by atoms with van der Waals surface area (Å²) in [6.07, 6.45) is 2.34. The van der Waals surface area contributed by atoms with Gasteiger partial charge in [-0.3, -0.25) is 0 Å². The minimum Gasteiger partial charge on any atom is -0.477 e. The monoisotopic (exact) mass is 180 g/mol. The summed E-state index contributed by atoms with van der Waals surface area (Å²) in [7, 11) is 0. The number of alkyl halides is 2. The zero-order valence-electron chi connectivity index (χ0n) is 6.43. The lowest BCUT2D eigenvalue weighted by atomic mass is 9.96. The van der Waals surface area contributed by atoms with Crippen molar-refractivity contribution in [3.05, 3.63) is 0 Å². The standard InChI is InChI=1S/C7H10F2O3/c8-7(9,6(10)11)4-12-5-2-1-3-5/h5H,1-4H2,(H,10,11). The third kappa shape index (κ3) is 2.14. The van der Waals surface area contributed by atoms with Gasteiger partial charge in [0.25, 0.3) is 0 Å². The van der Waals surface area contributed by atoms with Gasteiger partial charge in [0.15, 0.2) is 0 Å². The molecule has 0 unspecified atom stereocenters. The van der Waals surface area contributed by atoms with E-state index in [1.54, 1.807) is 0 Å². The van der Waals surface area contributed by atoms with Crippen LogP contribution < -0.4 is 0 Å². The summed E-state index contributed by atoms with van der Waals surface area (Å²) in [5, 5.41) is 8.01. The van der Waals surface area contributed by atoms with E-state index in [1.165, 1.54) is 0 Å². The molecule has 0 amide bonds. The predicted octanol–water partition coefficient (Wildman–Crippen LogP) is 1.28. The molecular weight excluding hydrogens is 170 g/mol. The topological polar surface area (TPSA) is 46.5 Å². The predicted molar refractivity (Wildman–Crippen MR) is 36.2 cm³/mol. The van der Waals surface area contributed by atoms with E-state index in [9.17, 15) is 13.6 Å². The molecule has 12 heavy (non-hydrogen) atoms. The van der Waals surface area contributed by atoms with Gasteiger partial charge in [0.1, 0.15) is 6.61 Å². The highest BCUT2D eigenvalue weighted by Gasteiger charge is 2.40. The van der Waals surface area contributed by atoms with Crippen molar-refractivity contribution in [2.24, 2.45) is 0 Å². The first-order valence-electron chi connectivity index (χ1n) is 3.75. The molecule has 0 radical (unpaired) electrons. The molecule has 1 saturated carbocycles. The zero-order chi connectivity index (χ0) is 9.19. The van der Waals surface area contributed by atoms with E-state index in [0.717, 1.165) is 19.3 Å². The first kappa shape index (κ1) is 9.38. The Morgan fingerprint density at radius 1 is 1.58 bits per heavy atom. The second-order valence-corrected chi connectivity index (χ2v) is 2.87. The van der Waals surface area contributed by atoms with Crippen LogP contribution in [0.3, 0.4) is 0 Å². The number of carboxylic acids is 1. The molecule has 0 heterocycles. The number of ether oxygens (including phenoxy) is 1. The van der Waals surface area contributed by atoms with Crippen molar-refractivity contribution in [3.63, 3.8) is 0 Å². The van der Waals surface area contributed by atoms with Gasteiger partial charge in [-0.2, -0.15) is 8.78 Å². The SMILES string of the molecule is O=C(O)C(F)(F)COC1CCC1. The third-order valence-electron chi connectivity index (χ3n) is 1.87. The Balaban J connectivity index is 2.24. The quantitative estimate of drug-likeness (QED) is 0.708. The number of halogens is 2. The van der Waals surface area contributed by atoms with Gasteiger partial charge < -0.3 is 9.84 Å². The summed E-state index contributed by atoms with van der Waals surface area (Å²) in [6.45, 7) is -1.01. The van der Waals surface area contributed by atoms with Gasteiger partial charge >= 0.3 is 11.9 Å². The molecule has 0 bridgehead atoms. The first-order chi connectivity index (χ1) is 5.52. The van der Waals surface area contributed by atoms with Crippen molar-refractivity contribution >= 4 is 5.97 Å². The lowest BCUT2D eigenvalue weighted by molar-refractivity contribution is -0.179. The average molecular weight is 180 g/mol. The van der Waals surface area contributed by atoms with Gasteiger partial charge in [0.2, 0.25) is 0 Å². The average Bonchev–Trinajstić information content (AvgIpc) is 1.83. The maximum absolute atomic E-state index is 12.3. The normalized spacial score (nSPS) is 18.8. The fourth-order valence-corrected chi connectivity index (χ4v) is 0.822. The summed E-state index contributed by atoms with van der Waals surface area (Å²) in [6, 6.07) is 0. The van der Waals surface area contributed by atoms with Crippen molar-refractivity contribution in [3.8, 4) is 0 Å². The second-order valence-electron chi connectivity index (χ2n) is 2.87. The number of carbonyl (C=O) groups is 1. The van der Waals surface area contributed by atoms with E-state index >= 15 is 0 Å². The minimum atomic E-state index is -3.74. The first-order valence-corrected chi connectivity index (χ1v) is 3.75. The summed E-state index contributed by atoms with van der Waals surface area (Å²) >= 11 is 0. The molecule has 5 heteroatoms. The van der Waals surface area contributed by atoms with Gasteiger partial charge in [-0.15, -0.1) is 0 Å². The Hall–Kier alpha value is -0.710. The highest BCUT2D eigenvalue weighted by atomic mass is 19.3. The molecule has 70 valence electrons. The van der Waals surface area contributed by atoms with E-state index in [1.807, 2.05) is 0 Å². The second kappa shape index (κ2) is 3.35. The zero-order valence-corrected chi connectivity index (χ0v) is 6.43. The molecule has 1 aliphatic carbocycles. The van der Waals surface area contributed by atoms with E-state index in [2.05, 4.69) is 4.74 Å². The fraction of sp³-hybridized carbons (Fsp3) is 0.857. The molecule has 0 atom stereocenters. The van der Waals surface area contributed by atoms with Crippen LogP contribution in [0.1, 0.15) is 19.3 Å². The van der Waals surface area contributed by atoms with Gasteiger partial charge in [0.05, 0.1) is 6.10 Å². The summed E-state index contributed by atoms with van der Waals surface area (Å²) in [5.41, 5.74) is 0. The van der Waals surface area contributed by atoms with Gasteiger partial charge in [-0.25, -0.2) is 4.79 Å². The highest BCUT2D eigenvalue weighted by molar-refractivity contribution is 5.75. The minimum absolute atomic E-state index is 0.157. The number of rotatable bonds is 4. The van der Waals surface area contributed by atoms with Crippen molar-refractivity contribution in [1.29, 1.82) is 0 Å². The van der Waals surface area contributed by atoms with E-state index in [0.29, 0.717) is 0 Å². The lowest BCUT2D eigenvalue weighted by Gasteiger charge is -2.26. The van der Waals surface area contributed by atoms with Crippen molar-refractivity contribution in [1.82, 2.24) is 0 Å². The molecule has 0 aromatic rings. The van der Waals surface area contributed by atoms with Crippen LogP contribution in [0, 0.1) is 0 Å². The molecular formula is C7H10F2O3. The van der Waals surface area contributed by atoms with Crippen LogP contribution in [0.25, 0.3) is 0 Å². The highest BCUT2D eigenvalue weighted by Crippen LogP contribution is 2.24. The van der Waals surface area contributed by atoms with Crippen LogP contribution in [0.5, 0.6) is 0 Å². The molecule has 0 aliphatic heterocycles. The Labute approximate surface area is 68.3 Å². The van der Waals surface area contributed by atoms with Crippen molar-refractivity contribution in [2.75, 3.05) is 6.61 Å². The summed E-state index contributed by atoms with van der Waals surface area (Å²) < 4.78 is 29.4. The summed E-state index contributed by atoms with van der Waals surface area (Å²) in [4.78, 5) is 9.91. The largest absolute Gasteiger partial charge is 0.477 e. The van der Waals surface area contributed by atoms with Crippen LogP contribution in [0.2, 0.25) is 0 Å². The van der Waals surface area contributed by atoms with E-state index < -0.39 is 18.5 Å². The maximum atomic E-state index is 12.3. The third-order valence-corrected chi connectivity index (χ3v) is 1.87. The molecule has 0 spiro atoms. The maximum Gasteiger partial charge on any atom is 0.377 e. The number of aliphatic carboxylic acids is 1. The Morgan fingerprint density at radius 2 is 2.17 bits per heavy atom. The van der Waals surface area contributed by atoms with Gasteiger partial charge in [0, 0.05) is 0 Å².